The van der Waals surface area contributed by atoms with Gasteiger partial charge in [0.05, 0.1) is 0 Å². The molecule has 4 rings (SSSR count). The van der Waals surface area contributed by atoms with Gasteiger partial charge in [-0.05, 0) is 47.6 Å². The Kier molecular flexibility index (Phi) is 2.30. The third kappa shape index (κ3) is 1.70. The molecule has 98 valence electrons. The predicted molar refractivity (Wildman–Crippen MR) is 68.6 cm³/mol. The summed E-state index contributed by atoms with van der Waals surface area (Å²) in [4.78, 5) is 12.3. The van der Waals surface area contributed by atoms with Crippen molar-refractivity contribution >= 4 is 0 Å². The molecule has 0 saturated heterocycles. The number of hydrogen-bond acceptors (Lipinski definition) is 4. The van der Waals surface area contributed by atoms with Gasteiger partial charge in [-0.15, -0.1) is 5.10 Å². The van der Waals surface area contributed by atoms with Gasteiger partial charge in [-0.2, -0.15) is 0 Å². The Morgan fingerprint density at radius 2 is 2.26 bits per heavy atom. The molecule has 2 aliphatic rings. The molecule has 0 amide bonds. The maximum Gasteiger partial charge on any atom is 0.251 e. The summed E-state index contributed by atoms with van der Waals surface area (Å²) in [5.41, 5.74) is 2.03. The number of fused-ring (bicyclic) bond motifs is 4. The summed E-state index contributed by atoms with van der Waals surface area (Å²) in [6.07, 6.45) is 4.94. The van der Waals surface area contributed by atoms with Crippen LogP contribution < -0.4 is 5.56 Å². The minimum Gasteiger partial charge on any atom is -0.312 e. The maximum atomic E-state index is 12.3. The van der Waals surface area contributed by atoms with Crippen LogP contribution in [0.3, 0.4) is 0 Å². The fraction of sp³-hybridized carbons (Fsp3) is 0.538. The molecule has 19 heavy (non-hydrogen) atoms. The van der Waals surface area contributed by atoms with Gasteiger partial charge in [-0.3, -0.25) is 4.79 Å². The zero-order chi connectivity index (χ0) is 12.8. The second-order valence-corrected chi connectivity index (χ2v) is 5.60. The van der Waals surface area contributed by atoms with Crippen molar-refractivity contribution in [3.63, 3.8) is 0 Å². The Bertz CT molecular complexity index is 660. The summed E-state index contributed by atoms with van der Waals surface area (Å²) in [6.45, 7) is 0.875. The van der Waals surface area contributed by atoms with E-state index in [2.05, 4.69) is 26.7 Å². The lowest BCUT2D eigenvalue weighted by molar-refractivity contribution is 0.240. The van der Waals surface area contributed by atoms with Crippen LogP contribution in [0.25, 0.3) is 11.4 Å². The first-order valence-corrected chi connectivity index (χ1v) is 6.80. The molecule has 1 saturated carbocycles. The fourth-order valence-corrected chi connectivity index (χ4v) is 3.55. The first-order valence-electron chi connectivity index (χ1n) is 6.80. The smallest absolute Gasteiger partial charge is 0.251 e. The summed E-state index contributed by atoms with van der Waals surface area (Å²) < 4.78 is 1.95. The number of aromatic nitrogens is 5. The van der Waals surface area contributed by atoms with Crippen LogP contribution in [0, 0.1) is 5.92 Å². The van der Waals surface area contributed by atoms with Crippen LogP contribution in [0.2, 0.25) is 0 Å². The fourth-order valence-electron chi connectivity index (χ4n) is 3.55. The molecular formula is C13H15N5O. The van der Waals surface area contributed by atoms with Gasteiger partial charge in [0.15, 0.2) is 5.82 Å². The lowest BCUT2D eigenvalue weighted by atomic mass is 9.76. The van der Waals surface area contributed by atoms with Gasteiger partial charge >= 0.3 is 0 Å². The maximum absolute atomic E-state index is 12.3. The quantitative estimate of drug-likeness (QED) is 0.835. The van der Waals surface area contributed by atoms with Crippen LogP contribution in [0.15, 0.2) is 16.9 Å². The number of tetrazole rings is 1. The van der Waals surface area contributed by atoms with Crippen molar-refractivity contribution in [2.45, 2.75) is 38.1 Å². The van der Waals surface area contributed by atoms with Crippen LogP contribution in [0.1, 0.15) is 37.3 Å². The first kappa shape index (κ1) is 10.9. The van der Waals surface area contributed by atoms with Crippen LogP contribution in [-0.4, -0.2) is 25.2 Å². The topological polar surface area (TPSA) is 76.5 Å². The molecule has 2 aromatic heterocycles. The molecule has 2 aromatic rings. The van der Waals surface area contributed by atoms with Gasteiger partial charge in [0, 0.05) is 23.9 Å². The largest absolute Gasteiger partial charge is 0.312 e. The van der Waals surface area contributed by atoms with Gasteiger partial charge < -0.3 is 4.57 Å². The van der Waals surface area contributed by atoms with Gasteiger partial charge in [0.25, 0.3) is 5.56 Å². The molecule has 0 aromatic carbocycles. The lowest BCUT2D eigenvalue weighted by Crippen LogP contribution is -2.35. The van der Waals surface area contributed by atoms with E-state index in [0.717, 1.165) is 17.8 Å². The standard InChI is InChI=1S/C13H15N5O/c19-12-6-10(13-14-16-17-15-13)5-11-9-3-1-2-8(4-9)7-18(11)12/h5-6,8-9H,1-4,7H2,(H,14,15,16,17)/t8?,9-/m1/s1. The number of aromatic amines is 1. The zero-order valence-electron chi connectivity index (χ0n) is 10.5. The summed E-state index contributed by atoms with van der Waals surface area (Å²) in [6, 6.07) is 3.71. The Hall–Kier alpha value is -1.98. The third-order valence-corrected chi connectivity index (χ3v) is 4.42. The number of hydrogen-bond donors (Lipinski definition) is 1. The molecule has 6 nitrogen and oxygen atoms in total. The van der Waals surface area contributed by atoms with E-state index < -0.39 is 0 Å². The van der Waals surface area contributed by atoms with E-state index in [4.69, 9.17) is 0 Å². The minimum atomic E-state index is 0.0699. The molecule has 2 atom stereocenters. The van der Waals surface area contributed by atoms with Crippen molar-refractivity contribution in [3.8, 4) is 11.4 Å². The average Bonchev–Trinajstić information content (AvgIpc) is 2.94. The van der Waals surface area contributed by atoms with Crippen LogP contribution in [0.4, 0.5) is 0 Å². The number of rotatable bonds is 1. The number of nitrogens with zero attached hydrogens (tertiary/aromatic N) is 4. The normalized spacial score (nSPS) is 25.1. The van der Waals surface area contributed by atoms with E-state index in [0.29, 0.717) is 17.7 Å². The Labute approximate surface area is 109 Å². The number of nitrogens with one attached hydrogen (secondary N) is 1. The second-order valence-electron chi connectivity index (χ2n) is 5.60. The van der Waals surface area contributed by atoms with Crippen molar-refractivity contribution in [3.05, 3.63) is 28.2 Å². The molecule has 1 N–H and O–H groups in total. The highest BCUT2D eigenvalue weighted by Gasteiger charge is 2.31. The summed E-state index contributed by atoms with van der Waals surface area (Å²) >= 11 is 0. The third-order valence-electron chi connectivity index (χ3n) is 4.42. The van der Waals surface area contributed by atoms with E-state index in [1.807, 2.05) is 4.57 Å². The van der Waals surface area contributed by atoms with Gasteiger partial charge in [-0.1, -0.05) is 6.42 Å². The molecular weight excluding hydrogens is 242 g/mol. The molecule has 1 fully saturated rings. The van der Waals surface area contributed by atoms with Gasteiger partial charge in [0.2, 0.25) is 0 Å². The molecule has 3 heterocycles. The summed E-state index contributed by atoms with van der Waals surface area (Å²) in [7, 11) is 0. The Morgan fingerprint density at radius 1 is 1.32 bits per heavy atom. The van der Waals surface area contributed by atoms with Gasteiger partial charge in [-0.25, -0.2) is 5.10 Å². The Morgan fingerprint density at radius 3 is 3.11 bits per heavy atom. The SMILES string of the molecule is O=c1cc(-c2nnn[nH]2)cc2n1CC1CCC[C@@H]2C1. The molecule has 0 radical (unpaired) electrons. The van der Waals surface area contributed by atoms with E-state index in [1.54, 1.807) is 6.07 Å². The molecule has 1 aliphatic carbocycles. The number of H-pyrrole nitrogens is 1. The average molecular weight is 257 g/mol. The number of pyridine rings is 1. The van der Waals surface area contributed by atoms with Crippen LogP contribution in [0.5, 0.6) is 0 Å². The minimum absolute atomic E-state index is 0.0699. The predicted octanol–water partition coefficient (Wildman–Crippen LogP) is 1.32. The van der Waals surface area contributed by atoms with Crippen molar-refractivity contribution in [1.29, 1.82) is 0 Å². The highest BCUT2D eigenvalue weighted by atomic mass is 16.1. The van der Waals surface area contributed by atoms with Gasteiger partial charge in [0.1, 0.15) is 0 Å². The second kappa shape index (κ2) is 4.01. The van der Waals surface area contributed by atoms with Crippen molar-refractivity contribution < 1.29 is 0 Å². The lowest BCUT2D eigenvalue weighted by Gasteiger charge is -2.37. The first-order chi connectivity index (χ1) is 9.31. The van der Waals surface area contributed by atoms with Crippen LogP contribution >= 0.6 is 0 Å². The van der Waals surface area contributed by atoms with E-state index >= 15 is 0 Å². The highest BCUT2D eigenvalue weighted by molar-refractivity contribution is 5.54. The Balaban J connectivity index is 1.87. The van der Waals surface area contributed by atoms with Crippen molar-refractivity contribution in [2.24, 2.45) is 5.92 Å². The zero-order valence-corrected chi connectivity index (χ0v) is 10.5. The van der Waals surface area contributed by atoms with Crippen molar-refractivity contribution in [2.75, 3.05) is 0 Å². The van der Waals surface area contributed by atoms with Crippen LogP contribution in [-0.2, 0) is 6.54 Å². The molecule has 2 bridgehead atoms. The monoisotopic (exact) mass is 257 g/mol. The molecule has 0 spiro atoms. The highest BCUT2D eigenvalue weighted by Crippen LogP contribution is 2.40. The van der Waals surface area contributed by atoms with E-state index in [9.17, 15) is 4.79 Å². The molecule has 1 unspecified atom stereocenters. The summed E-state index contributed by atoms with van der Waals surface area (Å²) in [5.74, 6) is 1.77. The summed E-state index contributed by atoms with van der Waals surface area (Å²) in [5, 5.41) is 13.8. The van der Waals surface area contributed by atoms with E-state index in [-0.39, 0.29) is 5.56 Å². The molecule has 1 aliphatic heterocycles. The van der Waals surface area contributed by atoms with E-state index in [1.165, 1.54) is 25.7 Å². The molecule has 6 heteroatoms. The van der Waals surface area contributed by atoms with Crippen molar-refractivity contribution in [1.82, 2.24) is 25.2 Å².